The van der Waals surface area contributed by atoms with Crippen LogP contribution in [0.15, 0.2) is 54.0 Å². The van der Waals surface area contributed by atoms with Crippen LogP contribution in [-0.4, -0.2) is 26.4 Å². The Kier molecular flexibility index (Phi) is 4.90. The molecule has 0 saturated carbocycles. The van der Waals surface area contributed by atoms with E-state index in [1.54, 1.807) is 0 Å². The molecular weight excluding hydrogens is 392 g/mol. The minimum absolute atomic E-state index is 0.222. The number of rotatable bonds is 3. The molecule has 5 heteroatoms. The molecule has 3 heterocycles. The number of hydrogen-bond donors (Lipinski definition) is 1. The van der Waals surface area contributed by atoms with E-state index in [-0.39, 0.29) is 6.04 Å². The van der Waals surface area contributed by atoms with Crippen molar-refractivity contribution < 1.29 is 0 Å². The maximum Gasteiger partial charge on any atom is 0.130 e. The van der Waals surface area contributed by atoms with E-state index in [1.807, 2.05) is 37.5 Å². The molecular formula is C25H27ClN4. The van der Waals surface area contributed by atoms with Gasteiger partial charge in [0.05, 0.1) is 17.1 Å². The van der Waals surface area contributed by atoms with Crippen molar-refractivity contribution in [2.45, 2.75) is 46.1 Å². The Labute approximate surface area is 182 Å². The maximum absolute atomic E-state index is 6.35. The molecule has 1 aliphatic carbocycles. The monoisotopic (exact) mass is 418 g/mol. The van der Waals surface area contributed by atoms with Gasteiger partial charge < -0.3 is 9.88 Å². The van der Waals surface area contributed by atoms with Crippen molar-refractivity contribution in [2.24, 2.45) is 5.92 Å². The van der Waals surface area contributed by atoms with E-state index in [9.17, 15) is 0 Å². The van der Waals surface area contributed by atoms with E-state index < -0.39 is 0 Å². The molecule has 154 valence electrons. The molecule has 4 nitrogen and oxygen atoms in total. The van der Waals surface area contributed by atoms with Crippen molar-refractivity contribution in [3.8, 4) is 0 Å². The molecule has 0 spiro atoms. The number of hydrogen-bond acceptors (Lipinski definition) is 3. The molecule has 3 aromatic rings. The van der Waals surface area contributed by atoms with Crippen LogP contribution in [0, 0.1) is 12.8 Å². The fourth-order valence-corrected chi connectivity index (χ4v) is 5.07. The van der Waals surface area contributed by atoms with Gasteiger partial charge in [-0.2, -0.15) is 0 Å². The lowest BCUT2D eigenvalue weighted by atomic mass is 9.91. The normalized spacial score (nSPS) is 22.1. The molecule has 0 bridgehead atoms. The van der Waals surface area contributed by atoms with E-state index in [2.05, 4.69) is 40.9 Å². The second-order valence-corrected chi connectivity index (χ2v) is 9.10. The van der Waals surface area contributed by atoms with Crippen molar-refractivity contribution in [3.63, 3.8) is 0 Å². The first-order valence-electron chi connectivity index (χ1n) is 10.7. The molecule has 0 amide bonds. The lowest BCUT2D eigenvalue weighted by molar-refractivity contribution is 0.291. The van der Waals surface area contributed by atoms with Crippen LogP contribution in [-0.2, 0) is 0 Å². The molecule has 5 rings (SSSR count). The summed E-state index contributed by atoms with van der Waals surface area (Å²) in [7, 11) is 0. The summed E-state index contributed by atoms with van der Waals surface area (Å²) < 4.78 is 0. The molecule has 1 N–H and O–H groups in total. The number of halogens is 1. The number of nitrogens with zero attached hydrogens (tertiary/aromatic N) is 3. The first-order chi connectivity index (χ1) is 14.5. The van der Waals surface area contributed by atoms with Gasteiger partial charge in [-0.1, -0.05) is 30.2 Å². The Balaban J connectivity index is 1.63. The van der Waals surface area contributed by atoms with E-state index in [0.29, 0.717) is 5.92 Å². The average molecular weight is 419 g/mol. The van der Waals surface area contributed by atoms with Crippen LogP contribution in [0.25, 0.3) is 16.6 Å². The molecule has 30 heavy (non-hydrogen) atoms. The molecule has 2 aromatic heterocycles. The van der Waals surface area contributed by atoms with Crippen LogP contribution in [0.1, 0.15) is 56.1 Å². The number of nitrogens with one attached hydrogen (secondary N) is 1. The summed E-state index contributed by atoms with van der Waals surface area (Å²) in [4.78, 5) is 15.6. The average Bonchev–Trinajstić information content (AvgIpc) is 3.35. The van der Waals surface area contributed by atoms with Gasteiger partial charge in [-0.05, 0) is 80.0 Å². The molecule has 1 aliphatic heterocycles. The van der Waals surface area contributed by atoms with Gasteiger partial charge in [0.2, 0.25) is 0 Å². The number of likely N-dealkylation sites (tertiary alicyclic amines) is 1. The van der Waals surface area contributed by atoms with Gasteiger partial charge in [-0.3, -0.25) is 4.98 Å². The Morgan fingerprint density at radius 2 is 2.03 bits per heavy atom. The zero-order chi connectivity index (χ0) is 20.8. The zero-order valence-electron chi connectivity index (χ0n) is 17.7. The van der Waals surface area contributed by atoms with Gasteiger partial charge in [-0.15, -0.1) is 0 Å². The Bertz CT molecular complexity index is 1160. The van der Waals surface area contributed by atoms with Crippen LogP contribution in [0.4, 0.5) is 0 Å². The van der Waals surface area contributed by atoms with Crippen LogP contribution in [0.3, 0.4) is 0 Å². The minimum Gasteiger partial charge on any atom is -0.361 e. The highest BCUT2D eigenvalue weighted by molar-refractivity contribution is 6.32. The number of H-pyrrole nitrogens is 1. The summed E-state index contributed by atoms with van der Waals surface area (Å²) >= 11 is 6.35. The van der Waals surface area contributed by atoms with Crippen LogP contribution < -0.4 is 0 Å². The number of allylic oxidation sites excluding steroid dienone is 3. The van der Waals surface area contributed by atoms with Crippen molar-refractivity contribution >= 4 is 28.2 Å². The van der Waals surface area contributed by atoms with Crippen molar-refractivity contribution in [3.05, 3.63) is 76.0 Å². The molecule has 2 atom stereocenters. The number of aryl methyl sites for hydroxylation is 1. The van der Waals surface area contributed by atoms with E-state index in [1.165, 1.54) is 22.4 Å². The van der Waals surface area contributed by atoms with Crippen LogP contribution in [0.2, 0.25) is 5.02 Å². The molecule has 1 saturated heterocycles. The summed E-state index contributed by atoms with van der Waals surface area (Å²) in [6, 6.07) is 8.42. The van der Waals surface area contributed by atoms with Gasteiger partial charge in [0.1, 0.15) is 5.82 Å². The quantitative estimate of drug-likeness (QED) is 0.531. The highest BCUT2D eigenvalue weighted by atomic mass is 35.5. The number of aromatic nitrogens is 3. The Hall–Kier alpha value is -2.59. The third kappa shape index (κ3) is 3.24. The fourth-order valence-electron chi connectivity index (χ4n) is 4.91. The molecule has 1 aromatic carbocycles. The number of benzene rings is 1. The first-order valence-corrected chi connectivity index (χ1v) is 11.1. The number of aromatic amines is 1. The topological polar surface area (TPSA) is 44.8 Å². The lowest BCUT2D eigenvalue weighted by Gasteiger charge is -2.33. The predicted molar refractivity (Wildman–Crippen MR) is 123 cm³/mol. The summed E-state index contributed by atoms with van der Waals surface area (Å²) in [5.41, 5.74) is 8.46. The summed E-state index contributed by atoms with van der Waals surface area (Å²) in [6.07, 6.45) is 9.51. The summed E-state index contributed by atoms with van der Waals surface area (Å²) in [5, 5.41) is 0.768. The predicted octanol–water partition coefficient (Wildman–Crippen LogP) is 6.45. The van der Waals surface area contributed by atoms with Crippen LogP contribution in [0.5, 0.6) is 0 Å². The SMILES string of the molecule is CC1=CC(N2CC[C@H](C)[C@H]2c2nc3c(C)c(Cl)ccc3[nH]2)=C(c2cccnc2)CC1. The van der Waals surface area contributed by atoms with Gasteiger partial charge >= 0.3 is 0 Å². The fraction of sp³-hybridized carbons (Fsp3) is 0.360. The number of pyridine rings is 1. The van der Waals surface area contributed by atoms with E-state index in [0.717, 1.165) is 53.3 Å². The number of fused-ring (bicyclic) bond motifs is 1. The molecule has 2 aliphatic rings. The first kappa shape index (κ1) is 19.4. The maximum atomic E-state index is 6.35. The highest BCUT2D eigenvalue weighted by Crippen LogP contribution is 2.44. The minimum atomic E-state index is 0.222. The lowest BCUT2D eigenvalue weighted by Crippen LogP contribution is -2.26. The van der Waals surface area contributed by atoms with Gasteiger partial charge in [0, 0.05) is 29.7 Å². The van der Waals surface area contributed by atoms with Crippen molar-refractivity contribution in [1.82, 2.24) is 19.9 Å². The summed E-state index contributed by atoms with van der Waals surface area (Å²) in [6.45, 7) is 7.65. The Morgan fingerprint density at radius 1 is 1.17 bits per heavy atom. The third-order valence-corrected chi connectivity index (χ3v) is 7.03. The highest BCUT2D eigenvalue weighted by Gasteiger charge is 2.37. The molecule has 0 unspecified atom stereocenters. The molecule has 0 radical (unpaired) electrons. The summed E-state index contributed by atoms with van der Waals surface area (Å²) in [5.74, 6) is 1.55. The van der Waals surface area contributed by atoms with Crippen LogP contribution >= 0.6 is 11.6 Å². The van der Waals surface area contributed by atoms with Gasteiger partial charge in [0.15, 0.2) is 0 Å². The number of imidazole rings is 1. The Morgan fingerprint density at radius 3 is 2.83 bits per heavy atom. The third-order valence-electron chi connectivity index (χ3n) is 6.62. The van der Waals surface area contributed by atoms with Crippen molar-refractivity contribution in [2.75, 3.05) is 6.54 Å². The van der Waals surface area contributed by atoms with E-state index in [4.69, 9.17) is 16.6 Å². The standard InChI is InChI=1S/C25H27ClN4/c1-15-6-7-19(18-5-4-11-27-14-18)22(13-15)30-12-10-16(2)24(30)25-28-21-9-8-20(26)17(3)23(21)29-25/h4-5,8-9,11,13-14,16,24H,6-7,10,12H2,1-3H3,(H,28,29)/t16-,24-/m0/s1. The second kappa shape index (κ2) is 7.59. The molecule has 1 fully saturated rings. The zero-order valence-corrected chi connectivity index (χ0v) is 18.5. The van der Waals surface area contributed by atoms with Gasteiger partial charge in [0.25, 0.3) is 0 Å². The van der Waals surface area contributed by atoms with E-state index >= 15 is 0 Å². The second-order valence-electron chi connectivity index (χ2n) is 8.69. The van der Waals surface area contributed by atoms with Crippen molar-refractivity contribution in [1.29, 1.82) is 0 Å². The largest absolute Gasteiger partial charge is 0.361 e. The van der Waals surface area contributed by atoms with Gasteiger partial charge in [-0.25, -0.2) is 4.98 Å². The smallest absolute Gasteiger partial charge is 0.130 e.